The summed E-state index contributed by atoms with van der Waals surface area (Å²) in [7, 11) is 3.38. The van der Waals surface area contributed by atoms with Crippen molar-refractivity contribution in [2.75, 3.05) is 27.4 Å². The Morgan fingerprint density at radius 2 is 0.919 bits per heavy atom. The first-order valence-electron chi connectivity index (χ1n) is 13.8. The van der Waals surface area contributed by atoms with E-state index in [0.29, 0.717) is 6.61 Å². The van der Waals surface area contributed by atoms with Crippen molar-refractivity contribution in [2.45, 2.75) is 69.8 Å². The molecule has 0 spiro atoms. The maximum Gasteiger partial charge on any atom is 0.143 e. The summed E-state index contributed by atoms with van der Waals surface area (Å²) in [5.41, 5.74) is 2.51. The van der Waals surface area contributed by atoms with Gasteiger partial charge in [-0.2, -0.15) is 0 Å². The molecule has 0 saturated heterocycles. The molecule has 0 heterocycles. The maximum absolute atomic E-state index is 10.5. The second kappa shape index (κ2) is 16.1. The summed E-state index contributed by atoms with van der Waals surface area (Å²) in [6, 6.07) is 26.9. The molecule has 0 amide bonds. The summed E-state index contributed by atoms with van der Waals surface area (Å²) >= 11 is 0. The third-order valence-corrected chi connectivity index (χ3v) is 7.03. The van der Waals surface area contributed by atoms with Gasteiger partial charge in [-0.05, 0) is 53.8 Å². The van der Waals surface area contributed by atoms with Gasteiger partial charge in [0.25, 0.3) is 0 Å². The summed E-state index contributed by atoms with van der Waals surface area (Å²) in [6.45, 7) is 0.743. The molecule has 3 aromatic rings. The Morgan fingerprint density at radius 1 is 0.514 bits per heavy atom. The van der Waals surface area contributed by atoms with E-state index in [1.165, 1.54) is 38.5 Å². The fraction of sp³-hybridized carbons (Fsp3) is 0.455. The van der Waals surface area contributed by atoms with Crippen LogP contribution in [0, 0.1) is 0 Å². The van der Waals surface area contributed by atoms with E-state index < -0.39 is 5.60 Å². The second-order valence-electron chi connectivity index (χ2n) is 9.59. The summed E-state index contributed by atoms with van der Waals surface area (Å²) in [5.74, 6) is 1.65. The highest BCUT2D eigenvalue weighted by Crippen LogP contribution is 2.41. The molecule has 0 fully saturated rings. The Hall–Kier alpha value is -2.82. The van der Waals surface area contributed by atoms with Crippen molar-refractivity contribution in [1.29, 1.82) is 0 Å². The Kier molecular flexibility index (Phi) is 12.5. The standard InChI is InChI=1S/C33H43O4/c1-35-31-22-18-29(19-23-31)33(28-16-12-11-13-17-28,30-20-24-32(36-2)25-21-30)37-27-15-10-8-6-4-3-5-7-9-14-26-34/h11-13,16-25H,3-10,14-15,26-27H2,1-2H3. The maximum atomic E-state index is 10.5. The molecule has 3 rings (SSSR count). The van der Waals surface area contributed by atoms with Crippen molar-refractivity contribution in [2.24, 2.45) is 0 Å². The average Bonchev–Trinajstić information content (AvgIpc) is 2.96. The molecular formula is C33H43O4. The van der Waals surface area contributed by atoms with Gasteiger partial charge in [0.15, 0.2) is 0 Å². The van der Waals surface area contributed by atoms with Crippen LogP contribution in [0.15, 0.2) is 78.9 Å². The minimum atomic E-state index is -0.732. The fourth-order valence-corrected chi connectivity index (χ4v) is 4.92. The van der Waals surface area contributed by atoms with E-state index in [1.807, 2.05) is 30.3 Å². The van der Waals surface area contributed by atoms with Crippen LogP contribution in [0.5, 0.6) is 11.5 Å². The van der Waals surface area contributed by atoms with Crippen molar-refractivity contribution in [3.05, 3.63) is 95.6 Å². The normalized spacial score (nSPS) is 11.4. The van der Waals surface area contributed by atoms with Gasteiger partial charge in [-0.3, -0.25) is 0 Å². The fourth-order valence-electron chi connectivity index (χ4n) is 4.92. The summed E-state index contributed by atoms with van der Waals surface area (Å²) in [6.07, 6.45) is 11.6. The van der Waals surface area contributed by atoms with Crippen LogP contribution in [0.3, 0.4) is 0 Å². The second-order valence-corrected chi connectivity index (χ2v) is 9.59. The molecule has 4 nitrogen and oxygen atoms in total. The van der Waals surface area contributed by atoms with Crippen LogP contribution in [0.2, 0.25) is 0 Å². The van der Waals surface area contributed by atoms with Crippen molar-refractivity contribution in [3.63, 3.8) is 0 Å². The third-order valence-electron chi connectivity index (χ3n) is 7.03. The summed E-state index contributed by atoms with van der Waals surface area (Å²) in [5, 5.41) is 10.5. The molecular weight excluding hydrogens is 460 g/mol. The van der Waals surface area contributed by atoms with Crippen LogP contribution >= 0.6 is 0 Å². The monoisotopic (exact) mass is 503 g/mol. The first-order valence-corrected chi connectivity index (χ1v) is 13.8. The molecule has 1 radical (unpaired) electrons. The van der Waals surface area contributed by atoms with E-state index in [1.54, 1.807) is 14.2 Å². The van der Waals surface area contributed by atoms with Gasteiger partial charge < -0.3 is 14.2 Å². The molecule has 0 aliphatic rings. The Bertz CT molecular complexity index is 936. The van der Waals surface area contributed by atoms with Crippen molar-refractivity contribution in [1.82, 2.24) is 0 Å². The SMILES string of the molecule is COc1ccc(C(OCCCCCCCCCCCC[O])(c2ccccc2)c2ccc(OC)cc2)cc1. The van der Waals surface area contributed by atoms with E-state index in [9.17, 15) is 5.11 Å². The van der Waals surface area contributed by atoms with E-state index in [0.717, 1.165) is 53.9 Å². The zero-order valence-electron chi connectivity index (χ0n) is 22.6. The molecule has 0 aliphatic heterocycles. The van der Waals surface area contributed by atoms with Gasteiger partial charge in [-0.15, -0.1) is 0 Å². The van der Waals surface area contributed by atoms with E-state index in [-0.39, 0.29) is 6.61 Å². The predicted octanol–water partition coefficient (Wildman–Crippen LogP) is 8.34. The minimum Gasteiger partial charge on any atom is -0.497 e. The Balaban J connectivity index is 1.70. The van der Waals surface area contributed by atoms with E-state index in [2.05, 4.69) is 48.5 Å². The molecule has 37 heavy (non-hydrogen) atoms. The smallest absolute Gasteiger partial charge is 0.143 e. The number of methoxy groups -OCH3 is 2. The zero-order chi connectivity index (χ0) is 26.2. The predicted molar refractivity (Wildman–Crippen MR) is 150 cm³/mol. The van der Waals surface area contributed by atoms with Crippen LogP contribution in [-0.4, -0.2) is 27.4 Å². The molecule has 0 bridgehead atoms. The van der Waals surface area contributed by atoms with Gasteiger partial charge >= 0.3 is 0 Å². The van der Waals surface area contributed by atoms with Crippen LogP contribution in [0.1, 0.15) is 80.9 Å². The minimum absolute atomic E-state index is 0.0740. The number of unbranched alkanes of at least 4 members (excludes halogenated alkanes) is 9. The van der Waals surface area contributed by atoms with Crippen LogP contribution in [-0.2, 0) is 15.4 Å². The van der Waals surface area contributed by atoms with E-state index in [4.69, 9.17) is 14.2 Å². The molecule has 0 aromatic heterocycles. The van der Waals surface area contributed by atoms with Gasteiger partial charge in [-0.25, -0.2) is 5.11 Å². The van der Waals surface area contributed by atoms with Crippen LogP contribution in [0.4, 0.5) is 0 Å². The molecule has 0 atom stereocenters. The Labute approximate surface area is 223 Å². The average molecular weight is 504 g/mol. The lowest BCUT2D eigenvalue weighted by Gasteiger charge is -2.36. The van der Waals surface area contributed by atoms with Gasteiger partial charge in [0, 0.05) is 6.61 Å². The summed E-state index contributed by atoms with van der Waals surface area (Å²) < 4.78 is 17.8. The molecule has 0 saturated carbocycles. The van der Waals surface area contributed by atoms with Gasteiger partial charge in [0.1, 0.15) is 17.1 Å². The molecule has 4 heteroatoms. The largest absolute Gasteiger partial charge is 0.497 e. The highest BCUT2D eigenvalue weighted by atomic mass is 16.5. The highest BCUT2D eigenvalue weighted by Gasteiger charge is 2.37. The Morgan fingerprint density at radius 3 is 1.35 bits per heavy atom. The van der Waals surface area contributed by atoms with Crippen molar-refractivity contribution in [3.8, 4) is 11.5 Å². The number of ether oxygens (including phenoxy) is 3. The number of hydrogen-bond donors (Lipinski definition) is 0. The lowest BCUT2D eigenvalue weighted by Crippen LogP contribution is -2.33. The quantitative estimate of drug-likeness (QED) is 0.129. The third kappa shape index (κ3) is 8.34. The number of hydrogen-bond acceptors (Lipinski definition) is 3. The first kappa shape index (κ1) is 28.7. The molecule has 0 aliphatic carbocycles. The number of rotatable bonds is 18. The van der Waals surface area contributed by atoms with E-state index >= 15 is 0 Å². The van der Waals surface area contributed by atoms with Crippen molar-refractivity contribution >= 4 is 0 Å². The topological polar surface area (TPSA) is 47.6 Å². The van der Waals surface area contributed by atoms with Gasteiger partial charge in [0.05, 0.1) is 20.8 Å². The molecule has 199 valence electrons. The van der Waals surface area contributed by atoms with Gasteiger partial charge in [-0.1, -0.05) is 106 Å². The van der Waals surface area contributed by atoms with Crippen LogP contribution in [0.25, 0.3) is 0 Å². The molecule has 3 aromatic carbocycles. The molecule has 0 N–H and O–H groups in total. The first-order chi connectivity index (χ1) is 18.2. The lowest BCUT2D eigenvalue weighted by molar-refractivity contribution is 0.0106. The van der Waals surface area contributed by atoms with Crippen LogP contribution < -0.4 is 9.47 Å². The number of benzene rings is 3. The van der Waals surface area contributed by atoms with Gasteiger partial charge in [0.2, 0.25) is 0 Å². The summed E-state index contributed by atoms with van der Waals surface area (Å²) in [4.78, 5) is 0. The van der Waals surface area contributed by atoms with Crippen molar-refractivity contribution < 1.29 is 19.3 Å². The lowest BCUT2D eigenvalue weighted by atomic mass is 9.80. The molecule has 0 unspecified atom stereocenters. The zero-order valence-corrected chi connectivity index (χ0v) is 22.6. The highest BCUT2D eigenvalue weighted by molar-refractivity contribution is 5.49.